The highest BCUT2D eigenvalue weighted by Crippen LogP contribution is 2.39. The Balaban J connectivity index is 2.38. The highest BCUT2D eigenvalue weighted by molar-refractivity contribution is 6.35. The second-order valence-corrected chi connectivity index (χ2v) is 5.58. The molecule has 1 N–H and O–H groups in total. The topological polar surface area (TPSA) is 59.4 Å². The van der Waals surface area contributed by atoms with Crippen molar-refractivity contribution in [1.82, 2.24) is 4.98 Å². The molecule has 0 fully saturated rings. The van der Waals surface area contributed by atoms with Gasteiger partial charge in [0.15, 0.2) is 0 Å². The number of pyridine rings is 1. The minimum absolute atomic E-state index is 0.208. The number of fused-ring (bicyclic) bond motifs is 1. The van der Waals surface area contributed by atoms with Crippen LogP contribution in [-0.4, -0.2) is 23.2 Å². The number of rotatable bonds is 3. The van der Waals surface area contributed by atoms with Crippen molar-refractivity contribution in [3.63, 3.8) is 0 Å². The maximum absolute atomic E-state index is 11.3. The van der Waals surface area contributed by atoms with Crippen molar-refractivity contribution in [3.05, 3.63) is 58.7 Å². The van der Waals surface area contributed by atoms with E-state index in [1.807, 2.05) is 25.1 Å². The Morgan fingerprint density at radius 2 is 1.91 bits per heavy atom. The number of carboxylic acids is 1. The molecular formula is C18H14ClNO3. The molecule has 0 unspecified atom stereocenters. The van der Waals surface area contributed by atoms with E-state index in [2.05, 4.69) is 4.98 Å². The monoisotopic (exact) mass is 327 g/mol. The molecule has 5 heteroatoms. The highest BCUT2D eigenvalue weighted by atomic mass is 35.5. The number of hydrogen-bond donors (Lipinski definition) is 1. The predicted octanol–water partition coefficient (Wildman–Crippen LogP) is 4.57. The molecule has 0 aliphatic heterocycles. The number of carboxylic acid groups (broad SMARTS) is 1. The zero-order chi connectivity index (χ0) is 16.6. The van der Waals surface area contributed by atoms with Crippen LogP contribution in [0, 0.1) is 6.92 Å². The van der Waals surface area contributed by atoms with Crippen LogP contribution in [0.15, 0.2) is 42.5 Å². The van der Waals surface area contributed by atoms with Crippen molar-refractivity contribution in [2.45, 2.75) is 6.92 Å². The maximum Gasteiger partial charge on any atom is 0.335 e. The molecule has 0 aliphatic rings. The molecule has 0 atom stereocenters. The quantitative estimate of drug-likeness (QED) is 0.765. The summed E-state index contributed by atoms with van der Waals surface area (Å²) in [6, 6.07) is 12.4. The Morgan fingerprint density at radius 3 is 2.61 bits per heavy atom. The second-order valence-electron chi connectivity index (χ2n) is 5.17. The normalized spacial score (nSPS) is 10.7. The predicted molar refractivity (Wildman–Crippen MR) is 90.4 cm³/mol. The molecule has 23 heavy (non-hydrogen) atoms. The van der Waals surface area contributed by atoms with Crippen molar-refractivity contribution < 1.29 is 14.6 Å². The van der Waals surface area contributed by atoms with E-state index < -0.39 is 5.97 Å². The SMILES string of the molecule is COc1nc(C)ccc1-c1c(Cl)ccc2ccc(C(=O)O)cc12. The number of benzene rings is 2. The molecule has 0 amide bonds. The zero-order valence-electron chi connectivity index (χ0n) is 12.6. The van der Waals surface area contributed by atoms with Crippen LogP contribution in [0.2, 0.25) is 5.02 Å². The summed E-state index contributed by atoms with van der Waals surface area (Å²) in [6.07, 6.45) is 0. The Kier molecular flexibility index (Phi) is 3.92. The third kappa shape index (κ3) is 2.73. The van der Waals surface area contributed by atoms with Gasteiger partial charge in [0.2, 0.25) is 5.88 Å². The van der Waals surface area contributed by atoms with Crippen molar-refractivity contribution in [3.8, 4) is 17.0 Å². The fraction of sp³-hybridized carbons (Fsp3) is 0.111. The standard InChI is InChI=1S/C18H14ClNO3/c1-10-3-7-13(17(20-10)23-2)16-14-9-12(18(21)22)5-4-11(14)6-8-15(16)19/h3-9H,1-2H3,(H,21,22). The number of halogens is 1. The average molecular weight is 328 g/mol. The van der Waals surface area contributed by atoms with Gasteiger partial charge in [-0.25, -0.2) is 9.78 Å². The van der Waals surface area contributed by atoms with Gasteiger partial charge >= 0.3 is 5.97 Å². The number of carbonyl (C=O) groups is 1. The molecule has 0 radical (unpaired) electrons. The Morgan fingerprint density at radius 1 is 1.17 bits per heavy atom. The lowest BCUT2D eigenvalue weighted by atomic mass is 9.97. The van der Waals surface area contributed by atoms with Crippen LogP contribution in [0.5, 0.6) is 5.88 Å². The Hall–Kier alpha value is -2.59. The van der Waals surface area contributed by atoms with Gasteiger partial charge in [-0.1, -0.05) is 23.7 Å². The third-order valence-corrected chi connectivity index (χ3v) is 3.99. The third-order valence-electron chi connectivity index (χ3n) is 3.68. The number of ether oxygens (including phenoxy) is 1. The number of methoxy groups -OCH3 is 1. The minimum atomic E-state index is -0.980. The molecule has 1 heterocycles. The summed E-state index contributed by atoms with van der Waals surface area (Å²) in [6.45, 7) is 1.87. The van der Waals surface area contributed by atoms with E-state index in [4.69, 9.17) is 16.3 Å². The molecule has 0 saturated heterocycles. The lowest BCUT2D eigenvalue weighted by molar-refractivity contribution is 0.0697. The van der Waals surface area contributed by atoms with E-state index in [0.29, 0.717) is 10.9 Å². The van der Waals surface area contributed by atoms with Gasteiger partial charge in [0.25, 0.3) is 0 Å². The van der Waals surface area contributed by atoms with Gasteiger partial charge in [-0.15, -0.1) is 0 Å². The summed E-state index contributed by atoms with van der Waals surface area (Å²) in [7, 11) is 1.55. The summed E-state index contributed by atoms with van der Waals surface area (Å²) in [4.78, 5) is 15.7. The number of hydrogen-bond acceptors (Lipinski definition) is 3. The molecule has 1 aromatic heterocycles. The van der Waals surface area contributed by atoms with E-state index >= 15 is 0 Å². The first-order valence-corrected chi connectivity index (χ1v) is 7.36. The molecule has 3 aromatic rings. The van der Waals surface area contributed by atoms with E-state index in [1.54, 1.807) is 31.4 Å². The first-order chi connectivity index (χ1) is 11.0. The van der Waals surface area contributed by atoms with E-state index in [1.165, 1.54) is 0 Å². The van der Waals surface area contributed by atoms with Gasteiger partial charge in [0, 0.05) is 21.8 Å². The molecule has 0 saturated carbocycles. The van der Waals surface area contributed by atoms with Gasteiger partial charge in [0.1, 0.15) is 0 Å². The summed E-state index contributed by atoms with van der Waals surface area (Å²) in [5.41, 5.74) is 2.49. The molecule has 0 spiro atoms. The average Bonchev–Trinajstić information content (AvgIpc) is 2.54. The lowest BCUT2D eigenvalue weighted by Gasteiger charge is -2.13. The first-order valence-electron chi connectivity index (χ1n) is 6.99. The van der Waals surface area contributed by atoms with Gasteiger partial charge in [-0.3, -0.25) is 0 Å². The Labute approximate surface area is 138 Å². The van der Waals surface area contributed by atoms with E-state index in [0.717, 1.165) is 27.6 Å². The largest absolute Gasteiger partial charge is 0.481 e. The number of aryl methyl sites for hydroxylation is 1. The van der Waals surface area contributed by atoms with Crippen LogP contribution >= 0.6 is 11.6 Å². The minimum Gasteiger partial charge on any atom is -0.481 e. The lowest BCUT2D eigenvalue weighted by Crippen LogP contribution is -1.97. The van der Waals surface area contributed by atoms with Gasteiger partial charge in [-0.05, 0) is 48.0 Å². The number of aromatic nitrogens is 1. The second kappa shape index (κ2) is 5.89. The zero-order valence-corrected chi connectivity index (χ0v) is 13.4. The van der Waals surface area contributed by atoms with E-state index in [-0.39, 0.29) is 5.56 Å². The molecule has 0 bridgehead atoms. The van der Waals surface area contributed by atoms with Crippen molar-refractivity contribution >= 4 is 28.3 Å². The van der Waals surface area contributed by atoms with Crippen molar-refractivity contribution in [1.29, 1.82) is 0 Å². The van der Waals surface area contributed by atoms with Crippen LogP contribution in [-0.2, 0) is 0 Å². The fourth-order valence-corrected chi connectivity index (χ4v) is 2.85. The fourth-order valence-electron chi connectivity index (χ4n) is 2.58. The molecule has 0 aliphatic carbocycles. The van der Waals surface area contributed by atoms with Crippen LogP contribution in [0.3, 0.4) is 0 Å². The summed E-state index contributed by atoms with van der Waals surface area (Å²) in [5, 5.41) is 11.4. The molecular weight excluding hydrogens is 314 g/mol. The molecule has 116 valence electrons. The Bertz CT molecular complexity index is 922. The smallest absolute Gasteiger partial charge is 0.335 e. The van der Waals surface area contributed by atoms with Crippen LogP contribution in [0.1, 0.15) is 16.1 Å². The molecule has 2 aromatic carbocycles. The highest BCUT2D eigenvalue weighted by Gasteiger charge is 2.16. The molecule has 3 rings (SSSR count). The summed E-state index contributed by atoms with van der Waals surface area (Å²) >= 11 is 6.41. The molecule has 4 nitrogen and oxygen atoms in total. The number of aromatic carboxylic acids is 1. The van der Waals surface area contributed by atoms with Gasteiger partial charge < -0.3 is 9.84 Å². The van der Waals surface area contributed by atoms with Gasteiger partial charge in [0.05, 0.1) is 12.7 Å². The van der Waals surface area contributed by atoms with Gasteiger partial charge in [-0.2, -0.15) is 0 Å². The first kappa shape index (κ1) is 15.3. The summed E-state index contributed by atoms with van der Waals surface area (Å²) in [5.74, 6) is -0.521. The van der Waals surface area contributed by atoms with E-state index in [9.17, 15) is 9.90 Å². The van der Waals surface area contributed by atoms with Crippen LogP contribution < -0.4 is 4.74 Å². The van der Waals surface area contributed by atoms with Crippen molar-refractivity contribution in [2.75, 3.05) is 7.11 Å². The number of nitrogens with zero attached hydrogens (tertiary/aromatic N) is 1. The van der Waals surface area contributed by atoms with Crippen LogP contribution in [0.25, 0.3) is 21.9 Å². The maximum atomic E-state index is 11.3. The van der Waals surface area contributed by atoms with Crippen molar-refractivity contribution in [2.24, 2.45) is 0 Å². The van der Waals surface area contributed by atoms with Crippen LogP contribution in [0.4, 0.5) is 0 Å². The summed E-state index contributed by atoms with van der Waals surface area (Å²) < 4.78 is 5.38.